The van der Waals surface area contributed by atoms with E-state index >= 15 is 0 Å². The molecule has 0 saturated carbocycles. The highest BCUT2D eigenvalue weighted by atomic mass is 16.5. The van der Waals surface area contributed by atoms with Gasteiger partial charge in [0.2, 0.25) is 0 Å². The maximum Gasteiger partial charge on any atom is 0.120 e. The Morgan fingerprint density at radius 2 is 1.94 bits per heavy atom. The molecule has 1 aromatic carbocycles. The molecule has 0 aliphatic carbocycles. The summed E-state index contributed by atoms with van der Waals surface area (Å²) >= 11 is 0. The third kappa shape index (κ3) is 4.39. The molecule has 0 heterocycles. The van der Waals surface area contributed by atoms with Gasteiger partial charge in [0.25, 0.3) is 0 Å². The van der Waals surface area contributed by atoms with Crippen molar-refractivity contribution in [3.63, 3.8) is 0 Å². The van der Waals surface area contributed by atoms with Gasteiger partial charge < -0.3 is 10.1 Å². The molecule has 17 heavy (non-hydrogen) atoms. The Hall–Kier alpha value is -1.02. The van der Waals surface area contributed by atoms with Crippen LogP contribution in [0.5, 0.6) is 5.75 Å². The smallest absolute Gasteiger partial charge is 0.120 e. The summed E-state index contributed by atoms with van der Waals surface area (Å²) in [7, 11) is 0. The fourth-order valence-corrected chi connectivity index (χ4v) is 1.99. The number of ether oxygens (including phenoxy) is 1. The Bertz CT molecular complexity index is 347. The molecule has 1 atom stereocenters. The predicted octanol–water partition coefficient (Wildman–Crippen LogP) is 3.50. The molecule has 1 unspecified atom stereocenters. The molecular weight excluding hydrogens is 210 g/mol. The van der Waals surface area contributed by atoms with Crippen LogP contribution in [0.3, 0.4) is 0 Å². The largest absolute Gasteiger partial charge is 0.489 e. The quantitative estimate of drug-likeness (QED) is 0.815. The van der Waals surface area contributed by atoms with Crippen molar-refractivity contribution >= 4 is 0 Å². The number of hydrogen-bond acceptors (Lipinski definition) is 2. The first-order valence-electron chi connectivity index (χ1n) is 6.52. The zero-order valence-electron chi connectivity index (χ0n) is 11.7. The molecule has 1 N–H and O–H groups in total. The summed E-state index contributed by atoms with van der Waals surface area (Å²) in [6.07, 6.45) is 0.208. The summed E-state index contributed by atoms with van der Waals surface area (Å²) in [4.78, 5) is 0. The van der Waals surface area contributed by atoms with Gasteiger partial charge in [-0.25, -0.2) is 0 Å². The first-order chi connectivity index (χ1) is 8.04. The van der Waals surface area contributed by atoms with Gasteiger partial charge in [-0.1, -0.05) is 26.8 Å². The Morgan fingerprint density at radius 3 is 2.47 bits per heavy atom. The van der Waals surface area contributed by atoms with E-state index < -0.39 is 0 Å². The third-order valence-electron chi connectivity index (χ3n) is 2.88. The van der Waals surface area contributed by atoms with Crippen LogP contribution in [0.1, 0.15) is 44.7 Å². The lowest BCUT2D eigenvalue weighted by Crippen LogP contribution is -2.28. The van der Waals surface area contributed by atoms with Crippen LogP contribution in [0, 0.1) is 6.92 Å². The molecule has 0 aliphatic rings. The van der Waals surface area contributed by atoms with Crippen LogP contribution in [-0.2, 0) is 0 Å². The average Bonchev–Trinajstić information content (AvgIpc) is 2.26. The van der Waals surface area contributed by atoms with E-state index in [0.717, 1.165) is 18.8 Å². The standard InChI is InChI=1S/C15H25NO/c1-6-16-10-13(5)17-14-7-8-15(11(2)3)12(4)9-14/h7-9,11,13,16H,6,10H2,1-5H3. The summed E-state index contributed by atoms with van der Waals surface area (Å²) in [6, 6.07) is 6.39. The van der Waals surface area contributed by atoms with E-state index in [4.69, 9.17) is 4.74 Å². The van der Waals surface area contributed by atoms with Crippen molar-refractivity contribution in [1.29, 1.82) is 0 Å². The summed E-state index contributed by atoms with van der Waals surface area (Å²) in [5.74, 6) is 1.54. The van der Waals surface area contributed by atoms with Crippen molar-refractivity contribution in [2.75, 3.05) is 13.1 Å². The number of hydrogen-bond donors (Lipinski definition) is 1. The first kappa shape index (κ1) is 14.0. The molecule has 0 saturated heterocycles. The molecule has 1 rings (SSSR count). The van der Waals surface area contributed by atoms with Crippen LogP contribution in [0.4, 0.5) is 0 Å². The summed E-state index contributed by atoms with van der Waals surface area (Å²) in [5, 5.41) is 3.29. The number of nitrogens with one attached hydrogen (secondary N) is 1. The van der Waals surface area contributed by atoms with Crippen LogP contribution in [0.2, 0.25) is 0 Å². The van der Waals surface area contributed by atoms with Gasteiger partial charge in [0.1, 0.15) is 11.9 Å². The minimum atomic E-state index is 0.208. The number of aryl methyl sites for hydroxylation is 1. The van der Waals surface area contributed by atoms with Gasteiger partial charge in [0.05, 0.1) is 0 Å². The zero-order valence-corrected chi connectivity index (χ0v) is 11.7. The van der Waals surface area contributed by atoms with Crippen molar-refractivity contribution < 1.29 is 4.74 Å². The van der Waals surface area contributed by atoms with E-state index in [1.54, 1.807) is 0 Å². The predicted molar refractivity (Wildman–Crippen MR) is 73.9 cm³/mol. The molecule has 0 bridgehead atoms. The van der Waals surface area contributed by atoms with Crippen LogP contribution < -0.4 is 10.1 Å². The van der Waals surface area contributed by atoms with Crippen LogP contribution in [0.15, 0.2) is 18.2 Å². The highest BCUT2D eigenvalue weighted by molar-refractivity contribution is 5.36. The van der Waals surface area contributed by atoms with E-state index in [1.807, 2.05) is 0 Å². The molecule has 2 heteroatoms. The van der Waals surface area contributed by atoms with Gasteiger partial charge in [-0.2, -0.15) is 0 Å². The highest BCUT2D eigenvalue weighted by Gasteiger charge is 2.07. The van der Waals surface area contributed by atoms with Crippen LogP contribution in [0.25, 0.3) is 0 Å². The monoisotopic (exact) mass is 235 g/mol. The van der Waals surface area contributed by atoms with E-state index in [9.17, 15) is 0 Å². The minimum absolute atomic E-state index is 0.208. The van der Waals surface area contributed by atoms with Crippen molar-refractivity contribution in [1.82, 2.24) is 5.32 Å². The van der Waals surface area contributed by atoms with Gasteiger partial charge in [-0.15, -0.1) is 0 Å². The molecule has 1 aromatic rings. The van der Waals surface area contributed by atoms with E-state index in [1.165, 1.54) is 11.1 Å². The Morgan fingerprint density at radius 1 is 1.24 bits per heavy atom. The van der Waals surface area contributed by atoms with Crippen molar-refractivity contribution in [3.05, 3.63) is 29.3 Å². The van der Waals surface area contributed by atoms with Crippen molar-refractivity contribution in [3.8, 4) is 5.75 Å². The second-order valence-electron chi connectivity index (χ2n) is 4.91. The maximum absolute atomic E-state index is 5.87. The molecule has 0 aromatic heterocycles. The van der Waals surface area contributed by atoms with Crippen LogP contribution >= 0.6 is 0 Å². The molecule has 0 spiro atoms. The molecule has 0 fully saturated rings. The van der Waals surface area contributed by atoms with Gasteiger partial charge in [0.15, 0.2) is 0 Å². The second kappa shape index (κ2) is 6.65. The molecule has 96 valence electrons. The Balaban J connectivity index is 2.64. The lowest BCUT2D eigenvalue weighted by molar-refractivity contribution is 0.218. The summed E-state index contributed by atoms with van der Waals surface area (Å²) in [6.45, 7) is 12.7. The topological polar surface area (TPSA) is 21.3 Å². The maximum atomic E-state index is 5.87. The highest BCUT2D eigenvalue weighted by Crippen LogP contribution is 2.23. The average molecular weight is 235 g/mol. The third-order valence-corrected chi connectivity index (χ3v) is 2.88. The summed E-state index contributed by atoms with van der Waals surface area (Å²) < 4.78 is 5.87. The molecule has 0 radical (unpaired) electrons. The Kier molecular flexibility index (Phi) is 5.49. The fourth-order valence-electron chi connectivity index (χ4n) is 1.99. The zero-order chi connectivity index (χ0) is 12.8. The lowest BCUT2D eigenvalue weighted by Gasteiger charge is -2.17. The Labute approximate surface area is 105 Å². The SMILES string of the molecule is CCNCC(C)Oc1ccc(C(C)C)c(C)c1. The summed E-state index contributed by atoms with van der Waals surface area (Å²) in [5.41, 5.74) is 2.71. The van der Waals surface area contributed by atoms with Gasteiger partial charge in [-0.05, 0) is 49.6 Å². The van der Waals surface area contributed by atoms with E-state index in [2.05, 4.69) is 58.1 Å². The molecule has 0 aliphatic heterocycles. The second-order valence-corrected chi connectivity index (χ2v) is 4.91. The number of likely N-dealkylation sites (N-methyl/N-ethyl adjacent to an activating group) is 1. The van der Waals surface area contributed by atoms with Gasteiger partial charge >= 0.3 is 0 Å². The molecule has 0 amide bonds. The van der Waals surface area contributed by atoms with Gasteiger partial charge in [0, 0.05) is 6.54 Å². The van der Waals surface area contributed by atoms with Crippen LogP contribution in [-0.4, -0.2) is 19.2 Å². The normalized spacial score (nSPS) is 12.8. The van der Waals surface area contributed by atoms with Gasteiger partial charge in [-0.3, -0.25) is 0 Å². The first-order valence-corrected chi connectivity index (χ1v) is 6.52. The fraction of sp³-hybridized carbons (Fsp3) is 0.600. The molecule has 2 nitrogen and oxygen atoms in total. The lowest BCUT2D eigenvalue weighted by atomic mass is 9.98. The van der Waals surface area contributed by atoms with E-state index in [-0.39, 0.29) is 6.10 Å². The van der Waals surface area contributed by atoms with Crippen molar-refractivity contribution in [2.45, 2.75) is 46.6 Å². The number of benzene rings is 1. The molecular formula is C15H25NO. The number of rotatable bonds is 6. The van der Waals surface area contributed by atoms with E-state index in [0.29, 0.717) is 5.92 Å². The van der Waals surface area contributed by atoms with Crippen molar-refractivity contribution in [2.24, 2.45) is 0 Å². The minimum Gasteiger partial charge on any atom is -0.489 e.